The van der Waals surface area contributed by atoms with Crippen molar-refractivity contribution in [2.45, 2.75) is 64.6 Å². The van der Waals surface area contributed by atoms with Crippen LogP contribution in [0.25, 0.3) is 0 Å². The number of ether oxygens (including phenoxy) is 1. The molecule has 1 fully saturated rings. The van der Waals surface area contributed by atoms with E-state index in [0.29, 0.717) is 10.8 Å². The van der Waals surface area contributed by atoms with Crippen molar-refractivity contribution in [2.24, 2.45) is 0 Å². The maximum Gasteiger partial charge on any atom is 0.261 e. The van der Waals surface area contributed by atoms with Crippen LogP contribution in [0.15, 0.2) is 46.9 Å². The standard InChI is InChI=1S/C25H30BrClN2O3/c1-3-18-12-13-23(21(26)14-18)32-16-24(30)29(15-19-8-4-7-11-22(19)27)17(2)25(31)28-20-9-5-6-10-20/h4,7-8,11-14,17,20H,3,5-6,9-10,15-16H2,1-2H3,(H,28,31)/t17-/m0/s1. The number of nitrogens with one attached hydrogen (secondary N) is 1. The first-order chi connectivity index (χ1) is 15.4. The van der Waals surface area contributed by atoms with Gasteiger partial charge in [0.2, 0.25) is 5.91 Å². The van der Waals surface area contributed by atoms with E-state index in [0.717, 1.165) is 42.1 Å². The molecule has 3 rings (SSSR count). The highest BCUT2D eigenvalue weighted by Gasteiger charge is 2.29. The molecule has 172 valence electrons. The van der Waals surface area contributed by atoms with Crippen molar-refractivity contribution >= 4 is 39.3 Å². The molecule has 1 aliphatic carbocycles. The van der Waals surface area contributed by atoms with Gasteiger partial charge in [0.15, 0.2) is 6.61 Å². The SMILES string of the molecule is CCc1ccc(OCC(=O)N(Cc2ccccc2Cl)[C@@H](C)C(=O)NC2CCCC2)c(Br)c1. The quantitative estimate of drug-likeness (QED) is 0.473. The minimum absolute atomic E-state index is 0.147. The number of hydrogen-bond acceptors (Lipinski definition) is 3. The second-order valence-electron chi connectivity index (χ2n) is 8.19. The van der Waals surface area contributed by atoms with Gasteiger partial charge in [-0.25, -0.2) is 0 Å². The summed E-state index contributed by atoms with van der Waals surface area (Å²) in [7, 11) is 0. The molecule has 0 radical (unpaired) electrons. The lowest BCUT2D eigenvalue weighted by atomic mass is 10.1. The summed E-state index contributed by atoms with van der Waals surface area (Å²) in [6.45, 7) is 3.90. The predicted molar refractivity (Wildman–Crippen MR) is 131 cm³/mol. The lowest BCUT2D eigenvalue weighted by Gasteiger charge is -2.30. The Labute approximate surface area is 203 Å². The van der Waals surface area contributed by atoms with Gasteiger partial charge in [0, 0.05) is 17.6 Å². The van der Waals surface area contributed by atoms with Gasteiger partial charge in [-0.1, -0.05) is 55.6 Å². The molecule has 0 aromatic heterocycles. The fourth-order valence-electron chi connectivity index (χ4n) is 3.89. The highest BCUT2D eigenvalue weighted by molar-refractivity contribution is 9.10. The second-order valence-corrected chi connectivity index (χ2v) is 9.45. The molecular formula is C25H30BrClN2O3. The Bertz CT molecular complexity index is 947. The van der Waals surface area contributed by atoms with Gasteiger partial charge in [-0.15, -0.1) is 0 Å². The largest absolute Gasteiger partial charge is 0.483 e. The van der Waals surface area contributed by atoms with Gasteiger partial charge >= 0.3 is 0 Å². The number of aryl methyl sites for hydroxylation is 1. The van der Waals surface area contributed by atoms with Crippen molar-refractivity contribution in [2.75, 3.05) is 6.61 Å². The van der Waals surface area contributed by atoms with Gasteiger partial charge in [0.25, 0.3) is 5.91 Å². The number of hydrogen-bond donors (Lipinski definition) is 1. The molecule has 1 atom stereocenters. The van der Waals surface area contributed by atoms with E-state index in [9.17, 15) is 9.59 Å². The molecule has 0 bridgehead atoms. The zero-order chi connectivity index (χ0) is 23.1. The molecule has 5 nitrogen and oxygen atoms in total. The number of nitrogens with zero attached hydrogens (tertiary/aromatic N) is 1. The number of rotatable bonds is 9. The van der Waals surface area contributed by atoms with Crippen molar-refractivity contribution in [1.29, 1.82) is 0 Å². The zero-order valence-corrected chi connectivity index (χ0v) is 20.9. The molecule has 0 heterocycles. The zero-order valence-electron chi connectivity index (χ0n) is 18.6. The first-order valence-electron chi connectivity index (χ1n) is 11.1. The van der Waals surface area contributed by atoms with E-state index in [1.54, 1.807) is 17.9 Å². The summed E-state index contributed by atoms with van der Waals surface area (Å²) >= 11 is 9.85. The Morgan fingerprint density at radius 2 is 1.94 bits per heavy atom. The fourth-order valence-corrected chi connectivity index (χ4v) is 4.62. The molecule has 7 heteroatoms. The molecule has 2 aromatic rings. The van der Waals surface area contributed by atoms with E-state index in [1.165, 1.54) is 5.56 Å². The maximum atomic E-state index is 13.2. The number of benzene rings is 2. The smallest absolute Gasteiger partial charge is 0.261 e. The monoisotopic (exact) mass is 520 g/mol. The molecule has 1 aliphatic rings. The number of carbonyl (C=O) groups is 2. The second kappa shape index (κ2) is 11.7. The van der Waals surface area contributed by atoms with Crippen LogP contribution >= 0.6 is 27.5 Å². The Hall–Kier alpha value is -2.05. The third-order valence-electron chi connectivity index (χ3n) is 5.92. The lowest BCUT2D eigenvalue weighted by Crippen LogP contribution is -2.50. The Morgan fingerprint density at radius 1 is 1.22 bits per heavy atom. The van der Waals surface area contributed by atoms with Gasteiger partial charge in [0.1, 0.15) is 11.8 Å². The van der Waals surface area contributed by atoms with Gasteiger partial charge in [0.05, 0.1) is 4.47 Å². The Kier molecular flexibility index (Phi) is 9.00. The van der Waals surface area contributed by atoms with Crippen LogP contribution in [0.1, 0.15) is 50.7 Å². The van der Waals surface area contributed by atoms with E-state index in [2.05, 4.69) is 28.2 Å². The van der Waals surface area contributed by atoms with Crippen LogP contribution in [0.3, 0.4) is 0 Å². The molecule has 0 spiro atoms. The van der Waals surface area contributed by atoms with Crippen molar-refractivity contribution in [3.63, 3.8) is 0 Å². The summed E-state index contributed by atoms with van der Waals surface area (Å²) in [4.78, 5) is 27.7. The molecule has 0 saturated heterocycles. The molecule has 0 unspecified atom stereocenters. The van der Waals surface area contributed by atoms with Gasteiger partial charge in [-0.2, -0.15) is 0 Å². The van der Waals surface area contributed by atoms with Crippen molar-refractivity contribution < 1.29 is 14.3 Å². The van der Waals surface area contributed by atoms with Crippen LogP contribution in [0.2, 0.25) is 5.02 Å². The van der Waals surface area contributed by atoms with Crippen LogP contribution in [-0.2, 0) is 22.6 Å². The van der Waals surface area contributed by atoms with Gasteiger partial charge in [-0.05, 0) is 71.4 Å². The van der Waals surface area contributed by atoms with Gasteiger partial charge < -0.3 is 15.0 Å². The van der Waals surface area contributed by atoms with Crippen molar-refractivity contribution in [1.82, 2.24) is 10.2 Å². The number of amides is 2. The maximum absolute atomic E-state index is 13.2. The molecule has 2 aromatic carbocycles. The first-order valence-corrected chi connectivity index (χ1v) is 12.3. The summed E-state index contributed by atoms with van der Waals surface area (Å²) in [5, 5.41) is 3.66. The summed E-state index contributed by atoms with van der Waals surface area (Å²) in [5.41, 5.74) is 1.96. The van der Waals surface area contributed by atoms with E-state index in [4.69, 9.17) is 16.3 Å². The van der Waals surface area contributed by atoms with Crippen molar-refractivity contribution in [3.05, 3.63) is 63.1 Å². The Balaban J connectivity index is 1.73. The van der Waals surface area contributed by atoms with E-state index < -0.39 is 6.04 Å². The van der Waals surface area contributed by atoms with E-state index in [-0.39, 0.29) is 31.0 Å². The normalized spacial score (nSPS) is 14.8. The molecular weight excluding hydrogens is 492 g/mol. The predicted octanol–water partition coefficient (Wildman–Crippen LogP) is 5.52. The number of halogens is 2. The van der Waals surface area contributed by atoms with Crippen LogP contribution in [0.4, 0.5) is 0 Å². The minimum Gasteiger partial charge on any atom is -0.483 e. The van der Waals surface area contributed by atoms with Crippen LogP contribution in [-0.4, -0.2) is 35.4 Å². The van der Waals surface area contributed by atoms with E-state index >= 15 is 0 Å². The highest BCUT2D eigenvalue weighted by atomic mass is 79.9. The van der Waals surface area contributed by atoms with Crippen molar-refractivity contribution in [3.8, 4) is 5.75 Å². The summed E-state index contributed by atoms with van der Waals surface area (Å²) in [6.07, 6.45) is 5.14. The first kappa shape index (κ1) is 24.6. The summed E-state index contributed by atoms with van der Waals surface area (Å²) in [5.74, 6) is 0.174. The average molecular weight is 522 g/mol. The fraction of sp³-hybridized carbons (Fsp3) is 0.440. The summed E-state index contributed by atoms with van der Waals surface area (Å²) < 4.78 is 6.61. The van der Waals surface area contributed by atoms with Crippen LogP contribution in [0, 0.1) is 0 Å². The molecule has 2 amide bonds. The van der Waals surface area contributed by atoms with Crippen LogP contribution in [0.5, 0.6) is 5.75 Å². The summed E-state index contributed by atoms with van der Waals surface area (Å²) in [6, 6.07) is 12.7. The molecule has 1 saturated carbocycles. The van der Waals surface area contributed by atoms with Crippen LogP contribution < -0.4 is 10.1 Å². The Morgan fingerprint density at radius 3 is 2.59 bits per heavy atom. The topological polar surface area (TPSA) is 58.6 Å². The molecule has 0 aliphatic heterocycles. The average Bonchev–Trinajstić information content (AvgIpc) is 3.30. The molecule has 1 N–H and O–H groups in total. The molecule has 32 heavy (non-hydrogen) atoms. The number of carbonyl (C=O) groups excluding carboxylic acids is 2. The van der Waals surface area contributed by atoms with E-state index in [1.807, 2.05) is 36.4 Å². The minimum atomic E-state index is -0.645. The lowest BCUT2D eigenvalue weighted by molar-refractivity contribution is -0.142. The third-order valence-corrected chi connectivity index (χ3v) is 6.91. The van der Waals surface area contributed by atoms with Gasteiger partial charge in [-0.3, -0.25) is 9.59 Å². The highest BCUT2D eigenvalue weighted by Crippen LogP contribution is 2.27. The third kappa shape index (κ3) is 6.48.